The molecule has 2 nitrogen and oxygen atoms in total. The third-order valence-electron chi connectivity index (χ3n) is 4.28. The van der Waals surface area contributed by atoms with Crippen LogP contribution in [0, 0.1) is 0 Å². The molecule has 0 saturated carbocycles. The standard InChI is InChI=1S/C18H32N2/c1-7-10-15-11-9-12-16(14-15)17(19-13-8-2)18(3,4)20(5)6/h9,11-12,14,17,19H,7-8,10,13H2,1-6H3. The van der Waals surface area contributed by atoms with Gasteiger partial charge in [0, 0.05) is 5.54 Å². The van der Waals surface area contributed by atoms with E-state index in [4.69, 9.17) is 0 Å². The van der Waals surface area contributed by atoms with Gasteiger partial charge in [-0.15, -0.1) is 0 Å². The number of hydrogen-bond acceptors (Lipinski definition) is 2. The van der Waals surface area contributed by atoms with Crippen LogP contribution in [0.1, 0.15) is 57.7 Å². The Labute approximate surface area is 125 Å². The second kappa shape index (κ2) is 7.80. The van der Waals surface area contributed by atoms with Crippen LogP contribution in [0.15, 0.2) is 24.3 Å². The first-order valence-electron chi connectivity index (χ1n) is 7.93. The number of hydrogen-bond donors (Lipinski definition) is 1. The molecule has 0 radical (unpaired) electrons. The van der Waals surface area contributed by atoms with E-state index >= 15 is 0 Å². The van der Waals surface area contributed by atoms with Crippen molar-refractivity contribution in [2.24, 2.45) is 0 Å². The van der Waals surface area contributed by atoms with E-state index in [1.54, 1.807) is 0 Å². The Morgan fingerprint density at radius 2 is 1.85 bits per heavy atom. The minimum Gasteiger partial charge on any atom is -0.308 e. The highest BCUT2D eigenvalue weighted by molar-refractivity contribution is 5.28. The number of rotatable bonds is 8. The average Bonchev–Trinajstić information content (AvgIpc) is 2.39. The Balaban J connectivity index is 3.06. The minimum absolute atomic E-state index is 0.0833. The Bertz CT molecular complexity index is 396. The number of nitrogens with one attached hydrogen (secondary N) is 1. The van der Waals surface area contributed by atoms with Crippen LogP contribution in [0.4, 0.5) is 0 Å². The van der Waals surface area contributed by atoms with Crippen LogP contribution in [0.25, 0.3) is 0 Å². The van der Waals surface area contributed by atoms with Gasteiger partial charge in [-0.2, -0.15) is 0 Å². The predicted octanol–water partition coefficient (Wildman–Crippen LogP) is 4.02. The molecule has 0 spiro atoms. The van der Waals surface area contributed by atoms with E-state index in [0.717, 1.165) is 19.4 Å². The molecule has 0 aromatic heterocycles. The van der Waals surface area contributed by atoms with Gasteiger partial charge in [0.05, 0.1) is 6.04 Å². The Kier molecular flexibility index (Phi) is 6.70. The third-order valence-corrected chi connectivity index (χ3v) is 4.28. The van der Waals surface area contributed by atoms with Crippen LogP contribution in [0.3, 0.4) is 0 Å². The molecule has 114 valence electrons. The van der Waals surface area contributed by atoms with E-state index in [1.807, 2.05) is 0 Å². The molecule has 0 aliphatic rings. The highest BCUT2D eigenvalue weighted by Gasteiger charge is 2.32. The molecule has 1 aromatic rings. The maximum absolute atomic E-state index is 3.73. The zero-order valence-electron chi connectivity index (χ0n) is 14.2. The summed E-state index contributed by atoms with van der Waals surface area (Å²) < 4.78 is 0. The van der Waals surface area contributed by atoms with Gasteiger partial charge in [0.1, 0.15) is 0 Å². The SMILES string of the molecule is CCCNC(c1cccc(CCC)c1)C(C)(C)N(C)C. The van der Waals surface area contributed by atoms with Gasteiger partial charge in [-0.25, -0.2) is 0 Å². The maximum Gasteiger partial charge on any atom is 0.0501 e. The van der Waals surface area contributed by atoms with Gasteiger partial charge in [0.15, 0.2) is 0 Å². The normalized spacial score (nSPS) is 13.8. The summed E-state index contributed by atoms with van der Waals surface area (Å²) in [5.74, 6) is 0. The van der Waals surface area contributed by atoms with E-state index in [0.29, 0.717) is 6.04 Å². The summed E-state index contributed by atoms with van der Waals surface area (Å²) in [6.45, 7) is 10.1. The lowest BCUT2D eigenvalue weighted by molar-refractivity contribution is 0.138. The number of nitrogens with zero attached hydrogens (tertiary/aromatic N) is 1. The quantitative estimate of drug-likeness (QED) is 0.771. The van der Waals surface area contributed by atoms with E-state index in [-0.39, 0.29) is 5.54 Å². The first-order chi connectivity index (χ1) is 9.43. The summed E-state index contributed by atoms with van der Waals surface area (Å²) in [5, 5.41) is 3.73. The van der Waals surface area contributed by atoms with Gasteiger partial charge in [-0.3, -0.25) is 0 Å². The van der Waals surface area contributed by atoms with Crippen molar-refractivity contribution in [3.63, 3.8) is 0 Å². The van der Waals surface area contributed by atoms with Gasteiger partial charge >= 0.3 is 0 Å². The highest BCUT2D eigenvalue weighted by atomic mass is 15.2. The molecule has 0 aliphatic heterocycles. The molecule has 0 amide bonds. The van der Waals surface area contributed by atoms with Gasteiger partial charge in [0.25, 0.3) is 0 Å². The van der Waals surface area contributed by atoms with Crippen LogP contribution < -0.4 is 5.32 Å². The maximum atomic E-state index is 3.73. The summed E-state index contributed by atoms with van der Waals surface area (Å²) in [6, 6.07) is 9.44. The van der Waals surface area contributed by atoms with Gasteiger partial charge < -0.3 is 10.2 Å². The molecule has 1 atom stereocenters. The summed E-state index contributed by atoms with van der Waals surface area (Å²) in [5.41, 5.74) is 2.94. The molecule has 1 unspecified atom stereocenters. The molecule has 0 fully saturated rings. The van der Waals surface area contributed by atoms with E-state index in [2.05, 4.69) is 76.3 Å². The fraction of sp³-hybridized carbons (Fsp3) is 0.667. The van der Waals surface area contributed by atoms with Crippen molar-refractivity contribution in [3.8, 4) is 0 Å². The van der Waals surface area contributed by atoms with Crippen LogP contribution in [0.5, 0.6) is 0 Å². The van der Waals surface area contributed by atoms with Crippen molar-refractivity contribution in [2.75, 3.05) is 20.6 Å². The Morgan fingerprint density at radius 3 is 2.40 bits per heavy atom. The Hall–Kier alpha value is -0.860. The number of benzene rings is 1. The smallest absolute Gasteiger partial charge is 0.0501 e. The molecule has 20 heavy (non-hydrogen) atoms. The Morgan fingerprint density at radius 1 is 1.15 bits per heavy atom. The number of aryl methyl sites for hydroxylation is 1. The van der Waals surface area contributed by atoms with E-state index in [1.165, 1.54) is 17.5 Å². The lowest BCUT2D eigenvalue weighted by Gasteiger charge is -2.41. The molecule has 2 heteroatoms. The van der Waals surface area contributed by atoms with E-state index in [9.17, 15) is 0 Å². The van der Waals surface area contributed by atoms with E-state index < -0.39 is 0 Å². The fourth-order valence-electron chi connectivity index (χ4n) is 2.54. The minimum atomic E-state index is 0.0833. The highest BCUT2D eigenvalue weighted by Crippen LogP contribution is 2.30. The van der Waals surface area contributed by atoms with Crippen molar-refractivity contribution in [2.45, 2.75) is 58.5 Å². The summed E-state index contributed by atoms with van der Waals surface area (Å²) in [6.07, 6.45) is 3.53. The molecular weight excluding hydrogens is 244 g/mol. The topological polar surface area (TPSA) is 15.3 Å². The molecule has 0 aliphatic carbocycles. The first-order valence-corrected chi connectivity index (χ1v) is 7.93. The summed E-state index contributed by atoms with van der Waals surface area (Å²) >= 11 is 0. The molecule has 1 N–H and O–H groups in total. The van der Waals surface area contributed by atoms with Gasteiger partial charge in [-0.05, 0) is 58.5 Å². The second-order valence-electron chi connectivity index (χ2n) is 6.43. The molecular formula is C18H32N2. The van der Waals surface area contributed by atoms with Crippen molar-refractivity contribution >= 4 is 0 Å². The molecule has 0 bridgehead atoms. The predicted molar refractivity (Wildman–Crippen MR) is 89.2 cm³/mol. The fourth-order valence-corrected chi connectivity index (χ4v) is 2.54. The lowest BCUT2D eigenvalue weighted by atomic mass is 9.86. The first kappa shape index (κ1) is 17.2. The molecule has 1 rings (SSSR count). The molecule has 0 heterocycles. The monoisotopic (exact) mass is 276 g/mol. The lowest BCUT2D eigenvalue weighted by Crippen LogP contribution is -2.49. The van der Waals surface area contributed by atoms with Gasteiger partial charge in [0.2, 0.25) is 0 Å². The van der Waals surface area contributed by atoms with Crippen molar-refractivity contribution in [1.82, 2.24) is 10.2 Å². The third kappa shape index (κ3) is 4.32. The van der Waals surface area contributed by atoms with Crippen molar-refractivity contribution in [3.05, 3.63) is 35.4 Å². The average molecular weight is 276 g/mol. The van der Waals surface area contributed by atoms with Crippen LogP contribution in [0.2, 0.25) is 0 Å². The van der Waals surface area contributed by atoms with Crippen LogP contribution in [-0.2, 0) is 6.42 Å². The van der Waals surface area contributed by atoms with Crippen molar-refractivity contribution < 1.29 is 0 Å². The van der Waals surface area contributed by atoms with Crippen LogP contribution >= 0.6 is 0 Å². The van der Waals surface area contributed by atoms with Gasteiger partial charge in [-0.1, -0.05) is 44.5 Å². The molecule has 1 aromatic carbocycles. The number of likely N-dealkylation sites (N-methyl/N-ethyl adjacent to an activating group) is 1. The zero-order valence-corrected chi connectivity index (χ0v) is 14.2. The zero-order chi connectivity index (χ0) is 15.2. The summed E-state index contributed by atoms with van der Waals surface area (Å²) in [4.78, 5) is 2.31. The largest absolute Gasteiger partial charge is 0.308 e. The molecule has 0 saturated heterocycles. The second-order valence-corrected chi connectivity index (χ2v) is 6.43. The summed E-state index contributed by atoms with van der Waals surface area (Å²) in [7, 11) is 4.33. The van der Waals surface area contributed by atoms with Crippen molar-refractivity contribution in [1.29, 1.82) is 0 Å². The van der Waals surface area contributed by atoms with Crippen LogP contribution in [-0.4, -0.2) is 31.1 Å².